The van der Waals surface area contributed by atoms with E-state index in [0.29, 0.717) is 27.6 Å². The number of carbonyl (C=O) groups excluding carboxylic acids is 7. The van der Waals surface area contributed by atoms with Gasteiger partial charge in [0.1, 0.15) is 24.4 Å². The van der Waals surface area contributed by atoms with Crippen molar-refractivity contribution in [1.82, 2.24) is 0 Å². The fourth-order valence-electron chi connectivity index (χ4n) is 2.81. The fraction of sp³-hybridized carbons (Fsp3) is 0.375. The van der Waals surface area contributed by atoms with Gasteiger partial charge in [0.25, 0.3) is 11.4 Å². The summed E-state index contributed by atoms with van der Waals surface area (Å²) in [5.41, 5.74) is 21.5. The Morgan fingerprint density at radius 3 is 1.34 bits per heavy atom. The highest BCUT2D eigenvalue weighted by molar-refractivity contribution is 14.1. The highest BCUT2D eigenvalue weighted by Gasteiger charge is 2.16. The predicted molar refractivity (Wildman–Crippen MR) is 228 cm³/mol. The van der Waals surface area contributed by atoms with Crippen LogP contribution in [-0.2, 0) is 42.9 Å². The van der Waals surface area contributed by atoms with Crippen molar-refractivity contribution in [3.8, 4) is 0 Å². The van der Waals surface area contributed by atoms with Gasteiger partial charge in [-0.2, -0.15) is 24.4 Å². The van der Waals surface area contributed by atoms with Gasteiger partial charge >= 0.3 is 23.9 Å². The Hall–Kier alpha value is -4.55. The molecule has 0 aliphatic rings. The summed E-state index contributed by atoms with van der Waals surface area (Å²) < 4.78 is 17.5. The van der Waals surface area contributed by atoms with Crippen LogP contribution in [0, 0.1) is 20.2 Å². The highest BCUT2D eigenvalue weighted by Crippen LogP contribution is 2.15. The number of thiol groups is 1. The second kappa shape index (κ2) is 35.6. The third-order valence-electron chi connectivity index (χ3n) is 5.90. The zero-order valence-corrected chi connectivity index (χ0v) is 36.1. The standard InChI is InChI=1S/C12H14N2O5S.C8H6INO3.C4H7NO3.C4H9NO2S.C4H7NO2S.H2O/c1-19-12(16)10(13)6-20-7-11(15)8-2-4-9(5-3-8)14(17)18;9-5-8(11)6-1-3-7(4-2-6)10(12)13;1-8-4(7)3(5)2-6;2*1-7-4(6)3(5)2-8;/h2-5,10H,6-7,13H2,1H3;1-4H,5H2;2-3H,5H2,1H3;3,8H,2,5H2,1H3;2-3H,5H2,1H3;1H2/t10-;;3*3-;/m0.000./s1. The van der Waals surface area contributed by atoms with E-state index >= 15 is 0 Å². The maximum Gasteiger partial charge on any atom is 0.330 e. The van der Waals surface area contributed by atoms with Crippen LogP contribution < -0.4 is 22.9 Å². The van der Waals surface area contributed by atoms with Gasteiger partial charge in [-0.15, -0.1) is 0 Å². The molecule has 324 valence electrons. The van der Waals surface area contributed by atoms with Gasteiger partial charge in [-0.25, -0.2) is 9.59 Å². The monoisotopic (exact) mass is 992 g/mol. The van der Waals surface area contributed by atoms with Gasteiger partial charge in [0.05, 0.1) is 48.5 Å². The van der Waals surface area contributed by atoms with Crippen molar-refractivity contribution in [3.05, 3.63) is 79.9 Å². The molecule has 0 spiro atoms. The Balaban J connectivity index is -0.000000334. The van der Waals surface area contributed by atoms with E-state index in [1.807, 2.05) is 22.6 Å². The van der Waals surface area contributed by atoms with Gasteiger partial charge in [-0.3, -0.25) is 39.4 Å². The number of benzene rings is 2. The number of nitrogens with two attached hydrogens (primary N) is 4. The lowest BCUT2D eigenvalue weighted by molar-refractivity contribution is -0.385. The van der Waals surface area contributed by atoms with Crippen molar-refractivity contribution in [2.24, 2.45) is 22.9 Å². The number of aldehydes is 1. The summed E-state index contributed by atoms with van der Waals surface area (Å²) in [4.78, 5) is 94.2. The van der Waals surface area contributed by atoms with Crippen molar-refractivity contribution in [1.29, 1.82) is 0 Å². The van der Waals surface area contributed by atoms with Crippen LogP contribution in [0.1, 0.15) is 20.7 Å². The summed E-state index contributed by atoms with van der Waals surface area (Å²) in [7, 11) is 4.98. The van der Waals surface area contributed by atoms with Crippen LogP contribution in [-0.4, -0.2) is 137 Å². The van der Waals surface area contributed by atoms with Crippen molar-refractivity contribution < 1.29 is 67.8 Å². The molecule has 0 bridgehead atoms. The summed E-state index contributed by atoms with van der Waals surface area (Å²) in [6, 6.07) is 7.74. The first-order valence-corrected chi connectivity index (χ1v) is 19.1. The lowest BCUT2D eigenvalue weighted by Gasteiger charge is -2.08. The number of ketones is 2. The normalized spacial score (nSPS) is 11.3. The van der Waals surface area contributed by atoms with E-state index in [-0.39, 0.29) is 39.9 Å². The number of rotatable bonds is 16. The maximum atomic E-state index is 11.8. The molecule has 58 heavy (non-hydrogen) atoms. The van der Waals surface area contributed by atoms with Gasteiger partial charge < -0.3 is 52.2 Å². The van der Waals surface area contributed by atoms with Gasteiger partial charge in [0.15, 0.2) is 17.6 Å². The van der Waals surface area contributed by atoms with Crippen molar-refractivity contribution in [3.63, 3.8) is 0 Å². The first-order chi connectivity index (χ1) is 26.8. The topological polar surface area (TPSA) is 378 Å². The number of nitro benzene ring substituents is 2. The Kier molecular flexibility index (Phi) is 36.9. The Morgan fingerprint density at radius 2 is 1.09 bits per heavy atom. The summed E-state index contributed by atoms with van der Waals surface area (Å²) in [5, 5.41) is 21.9. The van der Waals surface area contributed by atoms with Crippen LogP contribution in [0.15, 0.2) is 48.5 Å². The van der Waals surface area contributed by atoms with Gasteiger partial charge in [0, 0.05) is 52.3 Å². The van der Waals surface area contributed by atoms with E-state index in [4.69, 9.17) is 22.9 Å². The number of hydrogen-bond donors (Lipinski definition) is 5. The SMILES string of the molecule is COC(=O)[C@@H](N)C=O.COC(=O)[C@@H](N)C=S.COC(=O)[C@@H](N)CS.COC(=O)[C@@H](N)CSCC(=O)c1ccc([N+](=O)[O-])cc1.O.O=C(CI)c1ccc([N+](=O)[O-])cc1. The number of ether oxygens (including phenoxy) is 4. The molecule has 0 radical (unpaired) electrons. The molecule has 4 atom stereocenters. The Bertz CT molecular complexity index is 1600. The summed E-state index contributed by atoms with van der Waals surface area (Å²) in [5.74, 6) is -1.61. The molecule has 0 saturated carbocycles. The number of carbonyl (C=O) groups is 7. The number of Topliss-reactive ketones (excluding diaryl/α,β-unsaturated/α-hetero) is 2. The van der Waals surface area contributed by atoms with E-state index in [0.717, 1.165) is 5.37 Å². The second-order valence-corrected chi connectivity index (χ2v) is 12.3. The molecule has 0 heterocycles. The van der Waals surface area contributed by atoms with Gasteiger partial charge in [-0.1, -0.05) is 34.8 Å². The third kappa shape index (κ3) is 27.1. The highest BCUT2D eigenvalue weighted by atomic mass is 127. The molecule has 26 heteroatoms. The van der Waals surface area contributed by atoms with E-state index in [2.05, 4.69) is 43.8 Å². The molecule has 0 aliphatic carbocycles. The average molecular weight is 993 g/mol. The lowest BCUT2D eigenvalue weighted by atomic mass is 10.1. The van der Waals surface area contributed by atoms with Crippen LogP contribution in [0.25, 0.3) is 0 Å². The first-order valence-electron chi connectivity index (χ1n) is 15.3. The molecule has 0 aromatic heterocycles. The van der Waals surface area contributed by atoms with E-state index in [1.54, 1.807) is 0 Å². The summed E-state index contributed by atoms with van der Waals surface area (Å²) >= 11 is 11.3. The van der Waals surface area contributed by atoms with Crippen molar-refractivity contribution >= 4 is 118 Å². The number of thioether (sulfide) groups is 1. The van der Waals surface area contributed by atoms with Crippen LogP contribution in [0.5, 0.6) is 0 Å². The van der Waals surface area contributed by atoms with Crippen LogP contribution in [0.2, 0.25) is 0 Å². The van der Waals surface area contributed by atoms with Crippen LogP contribution >= 0.6 is 59.2 Å². The number of thiocarbonyl (C=S) groups is 1. The summed E-state index contributed by atoms with van der Waals surface area (Å²) in [6.07, 6.45) is 0.325. The predicted octanol–water partition coefficient (Wildman–Crippen LogP) is -0.0127. The average Bonchev–Trinajstić information content (AvgIpc) is 3.24. The first kappa shape index (κ1) is 60.1. The number of esters is 4. The zero-order chi connectivity index (χ0) is 44.7. The third-order valence-corrected chi connectivity index (χ3v) is 8.34. The number of hydrogen-bond acceptors (Lipinski definition) is 22. The van der Waals surface area contributed by atoms with E-state index < -0.39 is 57.9 Å². The quantitative estimate of drug-likeness (QED) is 0.0126. The maximum absolute atomic E-state index is 11.8. The minimum Gasteiger partial charge on any atom is -0.468 e. The molecule has 0 amide bonds. The van der Waals surface area contributed by atoms with E-state index in [1.165, 1.54) is 88.7 Å². The zero-order valence-electron chi connectivity index (χ0n) is 31.4. The number of alkyl halides is 1. The molecule has 0 aliphatic heterocycles. The fourth-order valence-corrected chi connectivity index (χ4v) is 4.37. The lowest BCUT2D eigenvalue weighted by Crippen LogP contribution is -2.34. The number of nitrogens with zero attached hydrogens (tertiary/aromatic N) is 2. The molecule has 0 fully saturated rings. The molecule has 0 unspecified atom stereocenters. The molecule has 10 N–H and O–H groups in total. The second-order valence-electron chi connectivity index (χ2n) is 9.92. The Labute approximate surface area is 360 Å². The summed E-state index contributed by atoms with van der Waals surface area (Å²) in [6.45, 7) is 0. The largest absolute Gasteiger partial charge is 0.468 e. The molecule has 2 aromatic rings. The molecule has 2 rings (SSSR count). The minimum atomic E-state index is -1.13. The molecule has 22 nitrogen and oxygen atoms in total. The Morgan fingerprint density at radius 1 is 0.724 bits per heavy atom. The molecule has 2 aromatic carbocycles. The van der Waals surface area contributed by atoms with Crippen molar-refractivity contribution in [2.75, 3.05) is 50.1 Å². The minimum absolute atomic E-state index is 0. The number of halogens is 1. The van der Waals surface area contributed by atoms with Crippen molar-refractivity contribution in [2.45, 2.75) is 24.2 Å². The smallest absolute Gasteiger partial charge is 0.330 e. The van der Waals surface area contributed by atoms with E-state index in [9.17, 15) is 53.8 Å². The number of methoxy groups -OCH3 is 4. The molecular weight excluding hydrogens is 947 g/mol. The molecule has 0 saturated heterocycles. The van der Waals surface area contributed by atoms with Crippen LogP contribution in [0.4, 0.5) is 11.4 Å². The van der Waals surface area contributed by atoms with Gasteiger partial charge in [-0.05, 0) is 24.3 Å². The number of nitro groups is 2. The number of non-ortho nitro benzene ring substituents is 2. The molecular formula is C32H45IN6O16S3. The van der Waals surface area contributed by atoms with Gasteiger partial charge in [0.2, 0.25) is 0 Å². The van der Waals surface area contributed by atoms with Crippen LogP contribution in [0.3, 0.4) is 0 Å².